The summed E-state index contributed by atoms with van der Waals surface area (Å²) in [5.41, 5.74) is 1.01. The second-order valence-corrected chi connectivity index (χ2v) is 6.58. The second kappa shape index (κ2) is 9.98. The molecule has 0 aliphatic carbocycles. The standard InChI is InChI=1S/C21H22ClN3O5/c1-4-27-17-11-10-14(12-18(17)28-5-2)19-20(25-30-24-19)23-21(26)13(3)29-16-9-7-6-8-15(16)22/h6-13H,4-5H2,1-3H3,(H,23,25,26). The molecule has 2 aromatic carbocycles. The van der Waals surface area contributed by atoms with Crippen molar-refractivity contribution in [1.29, 1.82) is 0 Å². The van der Waals surface area contributed by atoms with Gasteiger partial charge in [0, 0.05) is 5.56 Å². The van der Waals surface area contributed by atoms with Gasteiger partial charge in [-0.3, -0.25) is 4.79 Å². The zero-order valence-corrected chi connectivity index (χ0v) is 17.6. The number of para-hydroxylation sites is 1. The molecular formula is C21H22ClN3O5. The van der Waals surface area contributed by atoms with Crippen molar-refractivity contribution >= 4 is 23.3 Å². The van der Waals surface area contributed by atoms with Gasteiger partial charge in [0.25, 0.3) is 5.91 Å². The van der Waals surface area contributed by atoms with E-state index in [0.717, 1.165) is 0 Å². The van der Waals surface area contributed by atoms with Crippen molar-refractivity contribution in [3.05, 3.63) is 47.5 Å². The predicted molar refractivity (Wildman–Crippen MR) is 112 cm³/mol. The fourth-order valence-corrected chi connectivity index (χ4v) is 2.84. The Hall–Kier alpha value is -3.26. The van der Waals surface area contributed by atoms with Crippen LogP contribution in [0.5, 0.6) is 17.2 Å². The van der Waals surface area contributed by atoms with Gasteiger partial charge in [-0.05, 0) is 61.4 Å². The highest BCUT2D eigenvalue weighted by molar-refractivity contribution is 6.32. The summed E-state index contributed by atoms with van der Waals surface area (Å²) in [5, 5.41) is 10.8. The molecule has 0 spiro atoms. The minimum absolute atomic E-state index is 0.168. The monoisotopic (exact) mass is 431 g/mol. The third kappa shape index (κ3) is 5.01. The van der Waals surface area contributed by atoms with E-state index in [0.29, 0.717) is 46.7 Å². The zero-order chi connectivity index (χ0) is 21.5. The topological polar surface area (TPSA) is 95.7 Å². The van der Waals surface area contributed by atoms with Crippen LogP contribution in [0.25, 0.3) is 11.3 Å². The number of carbonyl (C=O) groups is 1. The summed E-state index contributed by atoms with van der Waals surface area (Å²) in [7, 11) is 0. The number of carbonyl (C=O) groups excluding carboxylic acids is 1. The van der Waals surface area contributed by atoms with E-state index in [1.165, 1.54) is 0 Å². The molecule has 1 unspecified atom stereocenters. The lowest BCUT2D eigenvalue weighted by atomic mass is 10.1. The number of hydrogen-bond donors (Lipinski definition) is 1. The Bertz CT molecular complexity index is 1010. The van der Waals surface area contributed by atoms with Gasteiger partial charge in [0.1, 0.15) is 5.75 Å². The highest BCUT2D eigenvalue weighted by Crippen LogP contribution is 2.34. The van der Waals surface area contributed by atoms with Crippen LogP contribution in [0.2, 0.25) is 5.02 Å². The summed E-state index contributed by atoms with van der Waals surface area (Å²) in [4.78, 5) is 12.6. The summed E-state index contributed by atoms with van der Waals surface area (Å²) < 4.78 is 21.7. The number of amides is 1. The number of ether oxygens (including phenoxy) is 3. The SMILES string of the molecule is CCOc1ccc(-c2nonc2NC(=O)C(C)Oc2ccccc2Cl)cc1OCC. The normalized spacial score (nSPS) is 11.6. The van der Waals surface area contributed by atoms with Gasteiger partial charge in [0.05, 0.1) is 18.2 Å². The molecule has 3 aromatic rings. The first kappa shape index (κ1) is 21.4. The van der Waals surface area contributed by atoms with E-state index in [1.807, 2.05) is 13.8 Å². The Morgan fingerprint density at radius 3 is 2.53 bits per heavy atom. The third-order valence-corrected chi connectivity index (χ3v) is 4.37. The molecule has 0 radical (unpaired) electrons. The average Bonchev–Trinajstić information content (AvgIpc) is 3.19. The van der Waals surface area contributed by atoms with Gasteiger partial charge in [-0.1, -0.05) is 23.7 Å². The third-order valence-electron chi connectivity index (χ3n) is 4.06. The molecule has 0 fully saturated rings. The summed E-state index contributed by atoms with van der Waals surface area (Å²) in [6, 6.07) is 12.2. The Kier molecular flexibility index (Phi) is 7.13. The van der Waals surface area contributed by atoms with Crippen LogP contribution in [0.15, 0.2) is 47.1 Å². The van der Waals surface area contributed by atoms with Crippen molar-refractivity contribution < 1.29 is 23.6 Å². The maximum atomic E-state index is 12.6. The summed E-state index contributed by atoms with van der Waals surface area (Å²) in [6.07, 6.45) is -0.825. The molecule has 0 aliphatic rings. The molecule has 0 saturated heterocycles. The van der Waals surface area contributed by atoms with Crippen LogP contribution in [0.1, 0.15) is 20.8 Å². The largest absolute Gasteiger partial charge is 0.490 e. The lowest BCUT2D eigenvalue weighted by Gasteiger charge is -2.15. The zero-order valence-electron chi connectivity index (χ0n) is 16.8. The maximum absolute atomic E-state index is 12.6. The summed E-state index contributed by atoms with van der Waals surface area (Å²) in [5.74, 6) is 1.33. The number of benzene rings is 2. The first-order valence-corrected chi connectivity index (χ1v) is 9.85. The Balaban J connectivity index is 1.77. The smallest absolute Gasteiger partial charge is 0.266 e. The van der Waals surface area contributed by atoms with Crippen LogP contribution in [0.3, 0.4) is 0 Å². The molecule has 0 saturated carbocycles. The van der Waals surface area contributed by atoms with E-state index < -0.39 is 12.0 Å². The average molecular weight is 432 g/mol. The van der Waals surface area contributed by atoms with Gasteiger partial charge in [-0.2, -0.15) is 0 Å². The van der Waals surface area contributed by atoms with E-state index in [9.17, 15) is 4.79 Å². The minimum Gasteiger partial charge on any atom is -0.490 e. The highest BCUT2D eigenvalue weighted by atomic mass is 35.5. The number of aromatic nitrogens is 2. The van der Waals surface area contributed by atoms with Crippen molar-refractivity contribution in [3.8, 4) is 28.5 Å². The molecule has 158 valence electrons. The molecule has 8 nitrogen and oxygen atoms in total. The van der Waals surface area contributed by atoms with Crippen molar-refractivity contribution in [2.75, 3.05) is 18.5 Å². The van der Waals surface area contributed by atoms with Crippen LogP contribution < -0.4 is 19.5 Å². The quantitative estimate of drug-likeness (QED) is 0.529. The van der Waals surface area contributed by atoms with Crippen LogP contribution in [0, 0.1) is 0 Å². The number of halogens is 1. The number of hydrogen-bond acceptors (Lipinski definition) is 7. The van der Waals surface area contributed by atoms with Crippen molar-refractivity contribution in [2.45, 2.75) is 26.9 Å². The van der Waals surface area contributed by atoms with Crippen LogP contribution in [-0.2, 0) is 4.79 Å². The number of rotatable bonds is 9. The van der Waals surface area contributed by atoms with Gasteiger partial charge in [0.15, 0.2) is 23.3 Å². The van der Waals surface area contributed by atoms with Crippen molar-refractivity contribution in [1.82, 2.24) is 10.3 Å². The van der Waals surface area contributed by atoms with Gasteiger partial charge >= 0.3 is 0 Å². The number of nitrogens with one attached hydrogen (secondary N) is 1. The molecule has 1 heterocycles. The molecule has 1 amide bonds. The minimum atomic E-state index is -0.825. The fraction of sp³-hybridized carbons (Fsp3) is 0.286. The molecule has 0 aliphatic heterocycles. The van der Waals surface area contributed by atoms with Gasteiger partial charge in [-0.25, -0.2) is 4.63 Å². The van der Waals surface area contributed by atoms with Gasteiger partial charge in [-0.15, -0.1) is 0 Å². The molecule has 1 aromatic heterocycles. The van der Waals surface area contributed by atoms with Gasteiger partial charge in [0.2, 0.25) is 5.82 Å². The highest BCUT2D eigenvalue weighted by Gasteiger charge is 2.22. The van der Waals surface area contributed by atoms with E-state index in [-0.39, 0.29) is 5.82 Å². The van der Waals surface area contributed by atoms with Crippen molar-refractivity contribution in [2.24, 2.45) is 0 Å². The molecule has 3 rings (SSSR count). The lowest BCUT2D eigenvalue weighted by Crippen LogP contribution is -2.30. The van der Waals surface area contributed by atoms with E-state index in [1.54, 1.807) is 49.4 Å². The Labute approximate surface area is 179 Å². The first-order chi connectivity index (χ1) is 14.5. The fourth-order valence-electron chi connectivity index (χ4n) is 2.66. The van der Waals surface area contributed by atoms with Crippen LogP contribution in [0.4, 0.5) is 5.82 Å². The number of nitrogens with zero attached hydrogens (tertiary/aromatic N) is 2. The summed E-state index contributed by atoms with van der Waals surface area (Å²) >= 11 is 6.08. The molecule has 1 N–H and O–H groups in total. The second-order valence-electron chi connectivity index (χ2n) is 6.17. The molecule has 1 atom stereocenters. The number of anilines is 1. The van der Waals surface area contributed by atoms with Crippen LogP contribution in [-0.4, -0.2) is 35.5 Å². The Morgan fingerprint density at radius 1 is 1.07 bits per heavy atom. The molecule has 30 heavy (non-hydrogen) atoms. The van der Waals surface area contributed by atoms with E-state index in [4.69, 9.17) is 30.4 Å². The molecular weight excluding hydrogens is 410 g/mol. The van der Waals surface area contributed by atoms with Crippen molar-refractivity contribution in [3.63, 3.8) is 0 Å². The van der Waals surface area contributed by atoms with Crippen LogP contribution >= 0.6 is 11.6 Å². The van der Waals surface area contributed by atoms with Gasteiger partial charge < -0.3 is 19.5 Å². The molecule has 0 bridgehead atoms. The lowest BCUT2D eigenvalue weighted by molar-refractivity contribution is -0.122. The van der Waals surface area contributed by atoms with E-state index in [2.05, 4.69) is 15.6 Å². The molecule has 9 heteroatoms. The first-order valence-electron chi connectivity index (χ1n) is 9.48. The van der Waals surface area contributed by atoms with E-state index >= 15 is 0 Å². The Morgan fingerprint density at radius 2 is 1.80 bits per heavy atom. The maximum Gasteiger partial charge on any atom is 0.266 e. The summed E-state index contributed by atoms with van der Waals surface area (Å²) in [6.45, 7) is 6.36. The predicted octanol–water partition coefficient (Wildman–Crippen LogP) is 4.59.